The number of carbonyl (C=O) groups is 1. The van der Waals surface area contributed by atoms with Gasteiger partial charge in [0.05, 0.1) is 39.3 Å². The molecule has 7 heteroatoms. The summed E-state index contributed by atoms with van der Waals surface area (Å²) in [6, 6.07) is 8.63. The van der Waals surface area contributed by atoms with Gasteiger partial charge in [-0.05, 0) is 30.7 Å². The van der Waals surface area contributed by atoms with Gasteiger partial charge in [0.25, 0.3) is 0 Å². The molecule has 0 fully saturated rings. The normalized spacial score (nSPS) is 10.5. The molecule has 0 aliphatic carbocycles. The lowest BCUT2D eigenvalue weighted by molar-refractivity contribution is -0.111. The number of hydrogen-bond donors (Lipinski definition) is 2. The molecule has 0 bridgehead atoms. The van der Waals surface area contributed by atoms with E-state index in [1.807, 2.05) is 13.0 Å². The number of nitrogens with one attached hydrogen (secondary N) is 1. The molecule has 0 aromatic heterocycles. The number of methoxy groups -OCH3 is 3. The van der Waals surface area contributed by atoms with Gasteiger partial charge >= 0.3 is 0 Å². The number of ether oxygens (including phenoxy) is 4. The standard InChI is InChI=1S/C20H24N2O5/c1-5-27-16-8-6-13(10-17(16)24-2)7-9-20(23)22-15-12-19(26-4)18(25-3)11-14(15)21/h6-12H,5,21H2,1-4H3,(H,22,23)/b9-7+. The molecule has 0 unspecified atom stereocenters. The molecule has 0 heterocycles. The Morgan fingerprint density at radius 2 is 1.63 bits per heavy atom. The number of nitrogen functional groups attached to an aromatic ring is 1. The number of carbonyl (C=O) groups excluding carboxylic acids is 1. The molecular formula is C20H24N2O5. The smallest absolute Gasteiger partial charge is 0.248 e. The first-order chi connectivity index (χ1) is 13.0. The Hall–Kier alpha value is -3.35. The molecule has 0 aliphatic rings. The maximum atomic E-state index is 12.2. The van der Waals surface area contributed by atoms with Crippen LogP contribution in [0.25, 0.3) is 6.08 Å². The Kier molecular flexibility index (Phi) is 6.93. The van der Waals surface area contributed by atoms with Crippen molar-refractivity contribution in [1.29, 1.82) is 0 Å². The van der Waals surface area contributed by atoms with Gasteiger partial charge in [-0.15, -0.1) is 0 Å². The van der Waals surface area contributed by atoms with Gasteiger partial charge in [0, 0.05) is 18.2 Å². The maximum Gasteiger partial charge on any atom is 0.248 e. The summed E-state index contributed by atoms with van der Waals surface area (Å²) in [6.07, 6.45) is 3.08. The topological polar surface area (TPSA) is 92.0 Å². The minimum absolute atomic E-state index is 0.332. The lowest BCUT2D eigenvalue weighted by Crippen LogP contribution is -2.10. The second-order valence-corrected chi connectivity index (χ2v) is 5.46. The van der Waals surface area contributed by atoms with Gasteiger partial charge in [0.2, 0.25) is 5.91 Å². The van der Waals surface area contributed by atoms with Crippen LogP contribution in [0.2, 0.25) is 0 Å². The van der Waals surface area contributed by atoms with Crippen LogP contribution in [0.1, 0.15) is 12.5 Å². The molecule has 0 saturated carbocycles. The van der Waals surface area contributed by atoms with Gasteiger partial charge in [0.15, 0.2) is 23.0 Å². The number of nitrogens with two attached hydrogens (primary N) is 1. The molecule has 1 amide bonds. The maximum absolute atomic E-state index is 12.2. The van der Waals surface area contributed by atoms with E-state index in [4.69, 9.17) is 24.7 Å². The van der Waals surface area contributed by atoms with E-state index in [0.717, 1.165) is 5.56 Å². The molecule has 0 aliphatic heterocycles. The fourth-order valence-electron chi connectivity index (χ4n) is 2.41. The van der Waals surface area contributed by atoms with Crippen molar-refractivity contribution in [3.05, 3.63) is 42.0 Å². The lowest BCUT2D eigenvalue weighted by atomic mass is 10.2. The van der Waals surface area contributed by atoms with E-state index in [1.165, 1.54) is 20.3 Å². The third kappa shape index (κ3) is 5.07. The average Bonchev–Trinajstić information content (AvgIpc) is 2.68. The number of hydrogen-bond acceptors (Lipinski definition) is 6. The molecule has 27 heavy (non-hydrogen) atoms. The van der Waals surface area contributed by atoms with Crippen molar-refractivity contribution in [1.82, 2.24) is 0 Å². The van der Waals surface area contributed by atoms with Crippen LogP contribution < -0.4 is 30.0 Å². The molecule has 2 aromatic rings. The van der Waals surface area contributed by atoms with Crippen LogP contribution in [0.5, 0.6) is 23.0 Å². The highest BCUT2D eigenvalue weighted by atomic mass is 16.5. The Bertz CT molecular complexity index is 833. The highest BCUT2D eigenvalue weighted by molar-refractivity contribution is 6.03. The summed E-state index contributed by atoms with van der Waals surface area (Å²) in [5.74, 6) is 1.89. The van der Waals surface area contributed by atoms with Crippen LogP contribution in [0.4, 0.5) is 11.4 Å². The number of benzene rings is 2. The molecule has 3 N–H and O–H groups in total. The molecule has 7 nitrogen and oxygen atoms in total. The van der Waals surface area contributed by atoms with Gasteiger partial charge in [-0.1, -0.05) is 6.07 Å². The Morgan fingerprint density at radius 3 is 2.26 bits per heavy atom. The average molecular weight is 372 g/mol. The minimum Gasteiger partial charge on any atom is -0.493 e. The SMILES string of the molecule is CCOc1ccc(/C=C/C(=O)Nc2cc(OC)c(OC)cc2N)cc1OC. The summed E-state index contributed by atoms with van der Waals surface area (Å²) >= 11 is 0. The van der Waals surface area contributed by atoms with Crippen molar-refractivity contribution in [2.75, 3.05) is 39.0 Å². The van der Waals surface area contributed by atoms with Gasteiger partial charge in [-0.25, -0.2) is 0 Å². The number of amides is 1. The summed E-state index contributed by atoms with van der Waals surface area (Å²) in [5.41, 5.74) is 7.56. The van der Waals surface area contributed by atoms with Crippen molar-refractivity contribution in [3.63, 3.8) is 0 Å². The number of anilines is 2. The molecule has 0 radical (unpaired) electrons. The molecule has 144 valence electrons. The van der Waals surface area contributed by atoms with Crippen LogP contribution >= 0.6 is 0 Å². The van der Waals surface area contributed by atoms with Crippen LogP contribution in [0.3, 0.4) is 0 Å². The second-order valence-electron chi connectivity index (χ2n) is 5.46. The summed E-state index contributed by atoms with van der Waals surface area (Å²) in [7, 11) is 4.60. The van der Waals surface area contributed by atoms with Crippen molar-refractivity contribution < 1.29 is 23.7 Å². The highest BCUT2D eigenvalue weighted by Crippen LogP contribution is 2.34. The zero-order chi connectivity index (χ0) is 19.8. The van der Waals surface area contributed by atoms with Gasteiger partial charge < -0.3 is 30.0 Å². The predicted octanol–water partition coefficient (Wildman–Crippen LogP) is 3.35. The fraction of sp³-hybridized carbons (Fsp3) is 0.250. The van der Waals surface area contributed by atoms with E-state index in [1.54, 1.807) is 37.5 Å². The Balaban J connectivity index is 2.14. The first kappa shape index (κ1) is 20.0. The Morgan fingerprint density at radius 1 is 1.00 bits per heavy atom. The molecule has 0 spiro atoms. The third-order valence-electron chi connectivity index (χ3n) is 3.73. The molecule has 0 atom stereocenters. The molecule has 2 rings (SSSR count). The fourth-order valence-corrected chi connectivity index (χ4v) is 2.41. The monoisotopic (exact) mass is 372 g/mol. The molecular weight excluding hydrogens is 348 g/mol. The minimum atomic E-state index is -0.332. The predicted molar refractivity (Wildman–Crippen MR) is 106 cm³/mol. The third-order valence-corrected chi connectivity index (χ3v) is 3.73. The van der Waals surface area contributed by atoms with Gasteiger partial charge in [-0.2, -0.15) is 0 Å². The van der Waals surface area contributed by atoms with Crippen LogP contribution in [-0.2, 0) is 4.79 Å². The van der Waals surface area contributed by atoms with Crippen LogP contribution in [-0.4, -0.2) is 33.8 Å². The molecule has 0 saturated heterocycles. The highest BCUT2D eigenvalue weighted by Gasteiger charge is 2.11. The Labute approximate surface area is 158 Å². The first-order valence-corrected chi connectivity index (χ1v) is 8.33. The van der Waals surface area contributed by atoms with Crippen molar-refractivity contribution in [3.8, 4) is 23.0 Å². The lowest BCUT2D eigenvalue weighted by Gasteiger charge is -2.12. The number of rotatable bonds is 8. The largest absolute Gasteiger partial charge is 0.493 e. The molecule has 2 aromatic carbocycles. The van der Waals surface area contributed by atoms with E-state index in [2.05, 4.69) is 5.32 Å². The van der Waals surface area contributed by atoms with Crippen LogP contribution in [0.15, 0.2) is 36.4 Å². The van der Waals surface area contributed by atoms with Gasteiger partial charge in [-0.3, -0.25) is 4.79 Å². The summed E-state index contributed by atoms with van der Waals surface area (Å²) in [6.45, 7) is 2.44. The van der Waals surface area contributed by atoms with Crippen molar-refractivity contribution >= 4 is 23.4 Å². The zero-order valence-corrected chi connectivity index (χ0v) is 15.9. The van der Waals surface area contributed by atoms with Crippen molar-refractivity contribution in [2.45, 2.75) is 6.92 Å². The van der Waals surface area contributed by atoms with E-state index in [0.29, 0.717) is 41.0 Å². The van der Waals surface area contributed by atoms with Crippen molar-refractivity contribution in [2.24, 2.45) is 0 Å². The quantitative estimate of drug-likeness (QED) is 0.545. The summed E-state index contributed by atoms with van der Waals surface area (Å²) in [5, 5.41) is 2.72. The van der Waals surface area contributed by atoms with E-state index in [9.17, 15) is 4.79 Å². The zero-order valence-electron chi connectivity index (χ0n) is 15.9. The van der Waals surface area contributed by atoms with E-state index >= 15 is 0 Å². The second kappa shape index (κ2) is 9.38. The van der Waals surface area contributed by atoms with Crippen LogP contribution in [0, 0.1) is 0 Å². The summed E-state index contributed by atoms with van der Waals surface area (Å²) in [4.78, 5) is 12.2. The first-order valence-electron chi connectivity index (χ1n) is 8.33. The van der Waals surface area contributed by atoms with E-state index in [-0.39, 0.29) is 5.91 Å². The van der Waals surface area contributed by atoms with E-state index < -0.39 is 0 Å². The summed E-state index contributed by atoms with van der Waals surface area (Å²) < 4.78 is 21.2. The van der Waals surface area contributed by atoms with Gasteiger partial charge in [0.1, 0.15) is 0 Å².